The van der Waals surface area contributed by atoms with E-state index in [0.717, 1.165) is 32.0 Å². The van der Waals surface area contributed by atoms with Gasteiger partial charge in [-0.15, -0.1) is 11.3 Å². The molecule has 7 heteroatoms. The molecule has 1 atom stereocenters. The molecule has 24 heavy (non-hydrogen) atoms. The number of nitrogens with one attached hydrogen (secondary N) is 3. The number of rotatable bonds is 4. The third-order valence-electron chi connectivity index (χ3n) is 4.47. The zero-order valence-electron chi connectivity index (χ0n) is 13.6. The number of hydrogen-bond acceptors (Lipinski definition) is 4. The number of thiophene rings is 1. The Labute approximate surface area is 145 Å². The Bertz CT molecular complexity index is 731. The minimum Gasteiger partial charge on any atom is -0.318 e. The maximum atomic E-state index is 12.5. The van der Waals surface area contributed by atoms with Gasteiger partial charge >= 0.3 is 0 Å². The van der Waals surface area contributed by atoms with E-state index in [1.54, 1.807) is 6.07 Å². The molecule has 1 aliphatic rings. The SMILES string of the molecule is C[C@H](C(=O)Nc1sccc1C#N)[NH+]1CCN(c2cccc[nH+]2)CC1. The molecule has 124 valence electrons. The highest BCUT2D eigenvalue weighted by Gasteiger charge is 2.32. The fraction of sp³-hybridized carbons (Fsp3) is 0.353. The van der Waals surface area contributed by atoms with E-state index in [1.165, 1.54) is 16.2 Å². The van der Waals surface area contributed by atoms with Crippen LogP contribution < -0.4 is 20.1 Å². The van der Waals surface area contributed by atoms with Crippen LogP contribution in [0.5, 0.6) is 0 Å². The minimum atomic E-state index is -0.138. The molecule has 0 radical (unpaired) electrons. The molecule has 1 amide bonds. The first-order chi connectivity index (χ1) is 11.7. The average Bonchev–Trinajstić information content (AvgIpc) is 3.09. The molecular formula is C17H21N5OS+2. The van der Waals surface area contributed by atoms with E-state index in [2.05, 4.69) is 27.3 Å². The lowest BCUT2D eigenvalue weighted by Crippen LogP contribution is -3.19. The number of carbonyl (C=O) groups is 1. The third kappa shape index (κ3) is 3.55. The van der Waals surface area contributed by atoms with E-state index in [1.807, 2.05) is 30.6 Å². The highest BCUT2D eigenvalue weighted by molar-refractivity contribution is 7.14. The number of nitriles is 1. The van der Waals surface area contributed by atoms with Crippen molar-refractivity contribution in [2.24, 2.45) is 0 Å². The molecule has 0 aliphatic carbocycles. The van der Waals surface area contributed by atoms with Gasteiger partial charge in [0.2, 0.25) is 0 Å². The number of amides is 1. The topological polar surface area (TPSA) is 74.7 Å². The number of piperazine rings is 1. The van der Waals surface area contributed by atoms with Gasteiger partial charge in [0, 0.05) is 6.07 Å². The predicted molar refractivity (Wildman–Crippen MR) is 93.0 cm³/mol. The molecule has 1 aliphatic heterocycles. The molecule has 0 saturated carbocycles. The fourth-order valence-electron chi connectivity index (χ4n) is 2.95. The van der Waals surface area contributed by atoms with Gasteiger partial charge in [0.1, 0.15) is 37.2 Å². The summed E-state index contributed by atoms with van der Waals surface area (Å²) in [4.78, 5) is 19.3. The van der Waals surface area contributed by atoms with E-state index in [0.29, 0.717) is 10.6 Å². The molecule has 2 aromatic heterocycles. The van der Waals surface area contributed by atoms with Gasteiger partial charge in [0.05, 0.1) is 11.8 Å². The quantitative estimate of drug-likeness (QED) is 0.831. The van der Waals surface area contributed by atoms with Gasteiger partial charge in [-0.2, -0.15) is 5.26 Å². The Kier molecular flexibility index (Phi) is 5.08. The van der Waals surface area contributed by atoms with Crippen LogP contribution in [-0.2, 0) is 4.79 Å². The largest absolute Gasteiger partial charge is 0.318 e. The van der Waals surface area contributed by atoms with Gasteiger partial charge in [-0.25, -0.2) is 4.98 Å². The smallest absolute Gasteiger partial charge is 0.283 e. The van der Waals surface area contributed by atoms with Crippen LogP contribution >= 0.6 is 11.3 Å². The van der Waals surface area contributed by atoms with Crippen LogP contribution in [0, 0.1) is 11.3 Å². The van der Waals surface area contributed by atoms with Crippen molar-refractivity contribution in [3.8, 4) is 6.07 Å². The lowest BCUT2D eigenvalue weighted by atomic mass is 10.2. The lowest BCUT2D eigenvalue weighted by Gasteiger charge is -2.31. The number of pyridine rings is 1. The van der Waals surface area contributed by atoms with Crippen LogP contribution in [0.25, 0.3) is 0 Å². The molecule has 3 rings (SSSR count). The molecule has 0 spiro atoms. The molecule has 3 N–H and O–H groups in total. The third-order valence-corrected chi connectivity index (χ3v) is 5.30. The number of aromatic nitrogens is 1. The number of quaternary nitrogens is 1. The summed E-state index contributed by atoms with van der Waals surface area (Å²) >= 11 is 1.39. The Balaban J connectivity index is 1.56. The maximum absolute atomic E-state index is 12.5. The molecule has 6 nitrogen and oxygen atoms in total. The number of anilines is 2. The second-order valence-electron chi connectivity index (χ2n) is 5.88. The van der Waals surface area contributed by atoms with E-state index >= 15 is 0 Å². The van der Waals surface area contributed by atoms with Gasteiger partial charge in [0.15, 0.2) is 6.04 Å². The van der Waals surface area contributed by atoms with Crippen LogP contribution in [0.2, 0.25) is 0 Å². The van der Waals surface area contributed by atoms with Gasteiger partial charge < -0.3 is 10.2 Å². The van der Waals surface area contributed by atoms with Crippen LogP contribution in [-0.4, -0.2) is 38.1 Å². The van der Waals surface area contributed by atoms with Crippen LogP contribution in [0.15, 0.2) is 35.8 Å². The molecule has 1 fully saturated rings. The summed E-state index contributed by atoms with van der Waals surface area (Å²) < 4.78 is 0. The summed E-state index contributed by atoms with van der Waals surface area (Å²) in [5.74, 6) is 1.09. The zero-order valence-corrected chi connectivity index (χ0v) is 14.4. The molecule has 0 bridgehead atoms. The van der Waals surface area contributed by atoms with Gasteiger partial charge in [-0.1, -0.05) is 6.07 Å². The first-order valence-electron chi connectivity index (χ1n) is 8.03. The molecule has 0 unspecified atom stereocenters. The maximum Gasteiger partial charge on any atom is 0.283 e. The fourth-order valence-corrected chi connectivity index (χ4v) is 3.69. The summed E-state index contributed by atoms with van der Waals surface area (Å²) in [7, 11) is 0. The highest BCUT2D eigenvalue weighted by atomic mass is 32.1. The van der Waals surface area contributed by atoms with Crippen LogP contribution in [0.3, 0.4) is 0 Å². The van der Waals surface area contributed by atoms with Crippen molar-refractivity contribution in [2.75, 3.05) is 36.4 Å². The highest BCUT2D eigenvalue weighted by Crippen LogP contribution is 2.22. The summed E-state index contributed by atoms with van der Waals surface area (Å²) in [5.41, 5.74) is 0.528. The Hall–Kier alpha value is -2.43. The van der Waals surface area contributed by atoms with Crippen LogP contribution in [0.4, 0.5) is 10.8 Å². The van der Waals surface area contributed by atoms with Crippen molar-refractivity contribution in [1.29, 1.82) is 5.26 Å². The van der Waals surface area contributed by atoms with Crippen molar-refractivity contribution in [2.45, 2.75) is 13.0 Å². The normalized spacial score (nSPS) is 16.4. The monoisotopic (exact) mass is 343 g/mol. The standard InChI is InChI=1S/C17H19N5OS/c1-13(16(23)20-17-14(12-18)5-11-24-17)21-7-9-22(10-8-21)15-4-2-3-6-19-15/h2-6,11,13H,7-10H2,1H3,(H,20,23)/p+2/t13-/m1/s1. The number of H-pyrrole nitrogens is 1. The minimum absolute atomic E-state index is 0.0244. The Morgan fingerprint density at radius 2 is 2.21 bits per heavy atom. The van der Waals surface area contributed by atoms with Crippen molar-refractivity contribution < 1.29 is 14.7 Å². The molecule has 3 heterocycles. The van der Waals surface area contributed by atoms with E-state index < -0.39 is 0 Å². The summed E-state index contributed by atoms with van der Waals surface area (Å²) in [6, 6.07) is 9.76. The Morgan fingerprint density at radius 1 is 1.42 bits per heavy atom. The van der Waals surface area contributed by atoms with E-state index in [9.17, 15) is 4.79 Å². The first kappa shape index (κ1) is 16.4. The average molecular weight is 343 g/mol. The van der Waals surface area contributed by atoms with Crippen molar-refractivity contribution >= 4 is 28.1 Å². The lowest BCUT2D eigenvalue weighted by molar-refractivity contribution is -0.914. The van der Waals surface area contributed by atoms with Crippen molar-refractivity contribution in [3.05, 3.63) is 41.4 Å². The summed E-state index contributed by atoms with van der Waals surface area (Å²) in [6.07, 6.45) is 1.93. The van der Waals surface area contributed by atoms with E-state index in [4.69, 9.17) is 5.26 Å². The number of carbonyl (C=O) groups excluding carboxylic acids is 1. The van der Waals surface area contributed by atoms with E-state index in [-0.39, 0.29) is 11.9 Å². The first-order valence-corrected chi connectivity index (χ1v) is 8.91. The molecular weight excluding hydrogens is 322 g/mol. The second-order valence-corrected chi connectivity index (χ2v) is 6.80. The van der Waals surface area contributed by atoms with Crippen LogP contribution in [0.1, 0.15) is 12.5 Å². The summed E-state index contributed by atoms with van der Waals surface area (Å²) in [5, 5.41) is 14.4. The molecule has 2 aromatic rings. The number of nitrogens with zero attached hydrogens (tertiary/aromatic N) is 2. The molecule has 0 aromatic carbocycles. The van der Waals surface area contributed by atoms with Gasteiger partial charge in [-0.05, 0) is 24.4 Å². The van der Waals surface area contributed by atoms with Crippen molar-refractivity contribution in [3.63, 3.8) is 0 Å². The predicted octanol–water partition coefficient (Wildman–Crippen LogP) is 0.166. The van der Waals surface area contributed by atoms with Crippen molar-refractivity contribution in [1.82, 2.24) is 0 Å². The number of hydrogen-bond donors (Lipinski definition) is 2. The zero-order chi connectivity index (χ0) is 16.9. The van der Waals surface area contributed by atoms with Gasteiger partial charge in [-0.3, -0.25) is 9.69 Å². The summed E-state index contributed by atoms with van der Waals surface area (Å²) in [6.45, 7) is 5.60. The second kappa shape index (κ2) is 7.43. The molecule has 1 saturated heterocycles. The van der Waals surface area contributed by atoms with Gasteiger partial charge in [0.25, 0.3) is 11.7 Å². The number of aromatic amines is 1. The Morgan fingerprint density at radius 3 is 2.88 bits per heavy atom.